The highest BCUT2D eigenvalue weighted by Crippen LogP contribution is 2.38. The predicted molar refractivity (Wildman–Crippen MR) is 99.8 cm³/mol. The van der Waals surface area contributed by atoms with E-state index in [1.54, 1.807) is 20.0 Å². The van der Waals surface area contributed by atoms with Gasteiger partial charge in [0.05, 0.1) is 27.5 Å². The van der Waals surface area contributed by atoms with E-state index in [0.717, 1.165) is 10.9 Å². The number of ketones is 1. The van der Waals surface area contributed by atoms with Gasteiger partial charge in [0.2, 0.25) is 11.7 Å². The molecule has 3 rings (SSSR count). The second kappa shape index (κ2) is 6.50. The second-order valence-corrected chi connectivity index (χ2v) is 8.56. The SMILES string of the molecule is Cc1cc(-c2c(S(C)(=O)=O)ccc(C(=O)c3cnn(C)c3O)c2Cl)n(C)n1. The minimum Gasteiger partial charge on any atom is -0.493 e. The van der Waals surface area contributed by atoms with Crippen molar-refractivity contribution in [3.63, 3.8) is 0 Å². The van der Waals surface area contributed by atoms with Crippen LogP contribution in [-0.4, -0.2) is 45.1 Å². The first kappa shape index (κ1) is 19.1. The molecule has 2 aromatic heterocycles. The van der Waals surface area contributed by atoms with Gasteiger partial charge in [0.1, 0.15) is 5.56 Å². The molecule has 0 fully saturated rings. The Labute approximate surface area is 160 Å². The van der Waals surface area contributed by atoms with Crippen LogP contribution in [0.15, 0.2) is 29.3 Å². The summed E-state index contributed by atoms with van der Waals surface area (Å²) < 4.78 is 27.2. The third-order valence-electron chi connectivity index (χ3n) is 4.16. The summed E-state index contributed by atoms with van der Waals surface area (Å²) in [7, 11) is -0.476. The van der Waals surface area contributed by atoms with E-state index in [4.69, 9.17) is 11.6 Å². The summed E-state index contributed by atoms with van der Waals surface area (Å²) in [5.74, 6) is -0.869. The lowest BCUT2D eigenvalue weighted by atomic mass is 10.0. The Morgan fingerprint density at radius 2 is 1.85 bits per heavy atom. The van der Waals surface area contributed by atoms with Crippen molar-refractivity contribution in [1.29, 1.82) is 0 Å². The lowest BCUT2D eigenvalue weighted by Gasteiger charge is -2.13. The van der Waals surface area contributed by atoms with Gasteiger partial charge in [-0.3, -0.25) is 9.48 Å². The Morgan fingerprint density at radius 1 is 1.19 bits per heavy atom. The van der Waals surface area contributed by atoms with Gasteiger partial charge in [-0.1, -0.05) is 11.6 Å². The Balaban J connectivity index is 2.31. The van der Waals surface area contributed by atoms with E-state index < -0.39 is 15.6 Å². The molecular formula is C17H17ClN4O4S. The van der Waals surface area contributed by atoms with Crippen molar-refractivity contribution >= 4 is 27.2 Å². The number of rotatable bonds is 4. The zero-order chi connectivity index (χ0) is 20.1. The molecule has 0 saturated heterocycles. The van der Waals surface area contributed by atoms with Gasteiger partial charge in [-0.15, -0.1) is 0 Å². The summed E-state index contributed by atoms with van der Waals surface area (Å²) in [4.78, 5) is 12.9. The van der Waals surface area contributed by atoms with Crippen molar-refractivity contribution < 1.29 is 18.3 Å². The largest absolute Gasteiger partial charge is 0.493 e. The van der Waals surface area contributed by atoms with Gasteiger partial charge in [-0.2, -0.15) is 10.2 Å². The molecule has 2 heterocycles. The molecule has 0 aliphatic carbocycles. The number of carbonyl (C=O) groups excluding carboxylic acids is 1. The molecule has 1 aromatic carbocycles. The molecule has 0 atom stereocenters. The van der Waals surface area contributed by atoms with Crippen LogP contribution in [0.2, 0.25) is 5.02 Å². The van der Waals surface area contributed by atoms with Gasteiger partial charge in [0.25, 0.3) is 0 Å². The smallest absolute Gasteiger partial charge is 0.220 e. The van der Waals surface area contributed by atoms with Gasteiger partial charge in [0, 0.05) is 31.5 Å². The van der Waals surface area contributed by atoms with Crippen molar-refractivity contribution in [2.45, 2.75) is 11.8 Å². The normalized spacial score (nSPS) is 11.7. The Hall–Kier alpha value is -2.65. The molecule has 142 valence electrons. The molecule has 8 nitrogen and oxygen atoms in total. The van der Waals surface area contributed by atoms with E-state index in [1.165, 1.54) is 30.1 Å². The molecule has 10 heteroatoms. The van der Waals surface area contributed by atoms with Gasteiger partial charge in [0.15, 0.2) is 9.84 Å². The zero-order valence-corrected chi connectivity index (χ0v) is 16.6. The summed E-state index contributed by atoms with van der Waals surface area (Å²) in [6.45, 7) is 1.76. The fourth-order valence-corrected chi connectivity index (χ4v) is 4.16. The van der Waals surface area contributed by atoms with Crippen LogP contribution in [0.1, 0.15) is 21.6 Å². The minimum absolute atomic E-state index is 0.0116. The van der Waals surface area contributed by atoms with E-state index in [-0.39, 0.29) is 32.5 Å². The maximum atomic E-state index is 12.9. The number of halogens is 1. The third kappa shape index (κ3) is 3.24. The first-order chi connectivity index (χ1) is 12.5. The van der Waals surface area contributed by atoms with Crippen molar-refractivity contribution in [2.75, 3.05) is 6.26 Å². The van der Waals surface area contributed by atoms with Gasteiger partial charge >= 0.3 is 0 Å². The summed E-state index contributed by atoms with van der Waals surface area (Å²) in [6.07, 6.45) is 2.30. The van der Waals surface area contributed by atoms with E-state index in [9.17, 15) is 18.3 Å². The molecule has 0 saturated carbocycles. The Bertz CT molecular complexity index is 1180. The summed E-state index contributed by atoms with van der Waals surface area (Å²) in [6, 6.07) is 4.35. The van der Waals surface area contributed by atoms with Crippen molar-refractivity contribution in [3.8, 4) is 17.1 Å². The second-order valence-electron chi connectivity index (χ2n) is 6.20. The maximum Gasteiger partial charge on any atom is 0.220 e. The fraction of sp³-hybridized carbons (Fsp3) is 0.235. The molecule has 0 spiro atoms. The Kier molecular flexibility index (Phi) is 4.61. The number of carbonyl (C=O) groups is 1. The van der Waals surface area contributed by atoms with Crippen molar-refractivity contribution in [2.24, 2.45) is 14.1 Å². The summed E-state index contributed by atoms with van der Waals surface area (Å²) in [5.41, 5.74) is 1.35. The highest BCUT2D eigenvalue weighted by atomic mass is 35.5. The van der Waals surface area contributed by atoms with E-state index in [0.29, 0.717) is 11.4 Å². The third-order valence-corrected chi connectivity index (χ3v) is 5.69. The van der Waals surface area contributed by atoms with Gasteiger partial charge in [-0.25, -0.2) is 13.1 Å². The molecule has 0 unspecified atom stereocenters. The lowest BCUT2D eigenvalue weighted by molar-refractivity contribution is 0.103. The van der Waals surface area contributed by atoms with Crippen LogP contribution in [0, 0.1) is 6.92 Å². The monoisotopic (exact) mass is 408 g/mol. The standard InChI is InChI=1S/C17H17ClN4O4S/c1-9-7-12(21(2)20-9)14-13(27(4,25)26)6-5-10(15(14)18)16(23)11-8-19-22(3)17(11)24/h5-8,24H,1-4H3. The average molecular weight is 409 g/mol. The molecule has 0 amide bonds. The molecular weight excluding hydrogens is 392 g/mol. The summed E-state index contributed by atoms with van der Waals surface area (Å²) in [5, 5.41) is 18.0. The molecule has 1 N–H and O–H groups in total. The van der Waals surface area contributed by atoms with Crippen LogP contribution in [-0.2, 0) is 23.9 Å². The quantitative estimate of drug-likeness (QED) is 0.662. The number of hydrogen-bond acceptors (Lipinski definition) is 6. The molecule has 0 aliphatic rings. The van der Waals surface area contributed by atoms with Gasteiger partial charge in [-0.05, 0) is 25.1 Å². The molecule has 3 aromatic rings. The lowest BCUT2D eigenvalue weighted by Crippen LogP contribution is -2.08. The predicted octanol–water partition coefficient (Wildman–Crippen LogP) is 2.12. The number of aryl methyl sites for hydroxylation is 3. The van der Waals surface area contributed by atoms with Crippen LogP contribution in [0.3, 0.4) is 0 Å². The fourth-order valence-electron chi connectivity index (χ4n) is 2.86. The van der Waals surface area contributed by atoms with E-state index in [2.05, 4.69) is 10.2 Å². The van der Waals surface area contributed by atoms with Crippen LogP contribution >= 0.6 is 11.6 Å². The number of aromatic hydroxyl groups is 1. The highest BCUT2D eigenvalue weighted by molar-refractivity contribution is 7.90. The minimum atomic E-state index is -3.63. The highest BCUT2D eigenvalue weighted by Gasteiger charge is 2.27. The number of nitrogens with zero attached hydrogens (tertiary/aromatic N) is 4. The maximum absolute atomic E-state index is 12.9. The van der Waals surface area contributed by atoms with Crippen LogP contribution in [0.4, 0.5) is 0 Å². The van der Waals surface area contributed by atoms with E-state index in [1.807, 2.05) is 0 Å². The Morgan fingerprint density at radius 3 is 2.33 bits per heavy atom. The zero-order valence-electron chi connectivity index (χ0n) is 15.1. The first-order valence-electron chi connectivity index (χ1n) is 7.81. The topological polar surface area (TPSA) is 107 Å². The van der Waals surface area contributed by atoms with Crippen molar-refractivity contribution in [3.05, 3.63) is 46.2 Å². The first-order valence-corrected chi connectivity index (χ1v) is 10.1. The summed E-state index contributed by atoms with van der Waals surface area (Å²) >= 11 is 6.50. The molecule has 0 bridgehead atoms. The number of aromatic nitrogens is 4. The van der Waals surface area contributed by atoms with Gasteiger partial charge < -0.3 is 5.11 Å². The average Bonchev–Trinajstić information content (AvgIpc) is 3.07. The number of hydrogen-bond donors (Lipinski definition) is 1. The van der Waals surface area contributed by atoms with Crippen LogP contribution in [0.25, 0.3) is 11.3 Å². The number of benzene rings is 1. The van der Waals surface area contributed by atoms with Crippen LogP contribution < -0.4 is 0 Å². The molecule has 27 heavy (non-hydrogen) atoms. The molecule has 0 aliphatic heterocycles. The van der Waals surface area contributed by atoms with Crippen molar-refractivity contribution in [1.82, 2.24) is 19.6 Å². The molecule has 0 radical (unpaired) electrons. The van der Waals surface area contributed by atoms with Crippen LogP contribution in [0.5, 0.6) is 5.88 Å². The number of sulfone groups is 1. The van der Waals surface area contributed by atoms with E-state index >= 15 is 0 Å².